The van der Waals surface area contributed by atoms with Crippen molar-refractivity contribution >= 4 is 28.7 Å². The van der Waals surface area contributed by atoms with Crippen molar-refractivity contribution in [1.29, 1.82) is 0 Å². The highest BCUT2D eigenvalue weighted by Gasteiger charge is 2.45. The number of imidazole rings is 1. The van der Waals surface area contributed by atoms with E-state index in [2.05, 4.69) is 119 Å². The molecule has 0 spiro atoms. The summed E-state index contributed by atoms with van der Waals surface area (Å²) in [5, 5.41) is 4.19. The summed E-state index contributed by atoms with van der Waals surface area (Å²) >= 11 is 0. The second kappa shape index (κ2) is 7.66. The Labute approximate surface area is 171 Å². The monoisotopic (exact) mass is 393 g/mol. The molecule has 29 heavy (non-hydrogen) atoms. The molecule has 2 nitrogen and oxygen atoms in total. The van der Waals surface area contributed by atoms with Gasteiger partial charge >= 0.3 is 0 Å². The molecule has 0 atom stereocenters. The number of rotatable bonds is 5. The quantitative estimate of drug-likeness (QED) is 0.391. The molecule has 0 amide bonds. The Kier molecular flexibility index (Phi) is 4.71. The van der Waals surface area contributed by atoms with E-state index in [9.17, 15) is 0 Å². The Morgan fingerprint density at radius 2 is 1.10 bits per heavy atom. The first-order chi connectivity index (χ1) is 14.4. The van der Waals surface area contributed by atoms with Gasteiger partial charge in [-0.2, -0.15) is 0 Å². The molecule has 0 saturated heterocycles. The van der Waals surface area contributed by atoms with Crippen molar-refractivity contribution < 1.29 is 0 Å². The molecule has 0 aliphatic rings. The lowest BCUT2D eigenvalue weighted by Gasteiger charge is -2.28. The fourth-order valence-electron chi connectivity index (χ4n) is 4.15. The van der Waals surface area contributed by atoms with Crippen molar-refractivity contribution in [3.8, 4) is 0 Å². The predicted molar refractivity (Wildman–Crippen MR) is 124 cm³/mol. The molecule has 5 aromatic rings. The minimum atomic E-state index is -1.90. The smallest absolute Gasteiger partial charge is 0.118 e. The van der Waals surface area contributed by atoms with E-state index in [4.69, 9.17) is 0 Å². The molecule has 0 radical (unpaired) electrons. The maximum Gasteiger partial charge on any atom is 0.118 e. The molecule has 140 valence electrons. The summed E-state index contributed by atoms with van der Waals surface area (Å²) in [4.78, 5) is 4.39. The zero-order valence-electron chi connectivity index (χ0n) is 16.1. The van der Waals surface area contributed by atoms with Gasteiger partial charge < -0.3 is 0 Å². The molecule has 2 heterocycles. The number of nitrogens with zero attached hydrogens (tertiary/aromatic N) is 2. The normalized spacial score (nSPS) is 11.6. The lowest BCUT2D eigenvalue weighted by atomic mass is 10.3. The standard InChI is InChI=1S/C26H22N2P/c1-4-13-24(14-5-1)29(25-15-6-2-7-16-25,26-17-8-3-9-18-26)20-23-12-10-11-22-19-27-21-28(22)23/h1-19,21H,20H2/q+1. The molecule has 0 saturated carbocycles. The van der Waals surface area contributed by atoms with Crippen LogP contribution in [0.1, 0.15) is 5.69 Å². The van der Waals surface area contributed by atoms with E-state index < -0.39 is 7.26 Å². The maximum absolute atomic E-state index is 4.39. The Bertz CT molecular complexity index is 1120. The van der Waals surface area contributed by atoms with Crippen molar-refractivity contribution in [2.75, 3.05) is 0 Å². The first-order valence-corrected chi connectivity index (χ1v) is 11.8. The zero-order valence-corrected chi connectivity index (χ0v) is 17.0. The van der Waals surface area contributed by atoms with Crippen molar-refractivity contribution in [3.63, 3.8) is 0 Å². The molecular weight excluding hydrogens is 371 g/mol. The largest absolute Gasteiger partial charge is 0.300 e. The summed E-state index contributed by atoms with van der Waals surface area (Å²) in [5.41, 5.74) is 2.42. The van der Waals surface area contributed by atoms with Crippen LogP contribution in [0.4, 0.5) is 0 Å². The third kappa shape index (κ3) is 3.16. The van der Waals surface area contributed by atoms with Crippen LogP contribution in [0, 0.1) is 0 Å². The summed E-state index contributed by atoms with van der Waals surface area (Å²) in [5.74, 6) is 0. The third-order valence-electron chi connectivity index (χ3n) is 5.52. The minimum absolute atomic E-state index is 0.943. The molecular formula is C26H22N2P+. The van der Waals surface area contributed by atoms with E-state index in [-0.39, 0.29) is 0 Å². The Morgan fingerprint density at radius 1 is 0.586 bits per heavy atom. The molecule has 0 unspecified atom stereocenters. The van der Waals surface area contributed by atoms with Gasteiger partial charge in [0.1, 0.15) is 29.3 Å². The number of aromatic nitrogens is 2. The number of hydrogen-bond acceptors (Lipinski definition) is 1. The Hall–Kier alpha value is -3.22. The topological polar surface area (TPSA) is 17.3 Å². The Morgan fingerprint density at radius 3 is 1.62 bits per heavy atom. The molecule has 3 heteroatoms. The van der Waals surface area contributed by atoms with E-state index in [1.54, 1.807) is 0 Å². The van der Waals surface area contributed by atoms with Gasteiger partial charge in [-0.25, -0.2) is 4.98 Å². The van der Waals surface area contributed by atoms with Gasteiger partial charge in [0, 0.05) is 0 Å². The highest BCUT2D eigenvalue weighted by atomic mass is 31.2. The van der Waals surface area contributed by atoms with Gasteiger partial charge in [0.25, 0.3) is 0 Å². The van der Waals surface area contributed by atoms with E-state index in [1.165, 1.54) is 21.6 Å². The lowest BCUT2D eigenvalue weighted by molar-refractivity contribution is 1.05. The molecule has 0 N–H and O–H groups in total. The summed E-state index contributed by atoms with van der Waals surface area (Å²) in [6, 6.07) is 39.5. The predicted octanol–water partition coefficient (Wildman–Crippen LogP) is 4.83. The van der Waals surface area contributed by atoms with Crippen molar-refractivity contribution in [3.05, 3.63) is 127 Å². The van der Waals surface area contributed by atoms with E-state index in [0.29, 0.717) is 0 Å². The van der Waals surface area contributed by atoms with Gasteiger partial charge in [-0.15, -0.1) is 0 Å². The van der Waals surface area contributed by atoms with E-state index >= 15 is 0 Å². The number of pyridine rings is 1. The second-order valence-corrected chi connectivity index (χ2v) is 10.7. The van der Waals surface area contributed by atoms with Gasteiger partial charge in [0.05, 0.1) is 23.7 Å². The summed E-state index contributed by atoms with van der Waals surface area (Å²) in [6.45, 7) is 0. The SMILES string of the molecule is c1ccc([P+](Cc2cccc3cncn23)(c2ccccc2)c2ccccc2)cc1. The van der Waals surface area contributed by atoms with Gasteiger partial charge in [0.15, 0.2) is 0 Å². The van der Waals surface area contributed by atoms with Gasteiger partial charge in [-0.1, -0.05) is 60.7 Å². The van der Waals surface area contributed by atoms with Crippen molar-refractivity contribution in [2.45, 2.75) is 6.16 Å². The zero-order chi connectivity index (χ0) is 19.5. The van der Waals surface area contributed by atoms with Crippen LogP contribution in [-0.2, 0) is 6.16 Å². The van der Waals surface area contributed by atoms with Gasteiger partial charge in [-0.3, -0.25) is 4.40 Å². The molecule has 0 aliphatic carbocycles. The molecule has 0 aliphatic heterocycles. The van der Waals surface area contributed by atoms with Gasteiger partial charge in [0.2, 0.25) is 0 Å². The summed E-state index contributed by atoms with van der Waals surface area (Å²) in [7, 11) is -1.90. The first-order valence-electron chi connectivity index (χ1n) is 9.83. The van der Waals surface area contributed by atoms with Crippen LogP contribution in [0.15, 0.2) is 122 Å². The van der Waals surface area contributed by atoms with Crippen LogP contribution in [-0.4, -0.2) is 9.38 Å². The minimum Gasteiger partial charge on any atom is -0.300 e. The molecule has 3 aromatic carbocycles. The van der Waals surface area contributed by atoms with E-state index in [0.717, 1.165) is 11.7 Å². The fraction of sp³-hybridized carbons (Fsp3) is 0.0385. The number of fused-ring (bicyclic) bond motifs is 1. The second-order valence-electron chi connectivity index (χ2n) is 7.18. The molecule has 0 bridgehead atoms. The molecule has 5 rings (SSSR count). The lowest BCUT2D eigenvalue weighted by Crippen LogP contribution is -2.32. The summed E-state index contributed by atoms with van der Waals surface area (Å²) in [6.07, 6.45) is 4.80. The average molecular weight is 393 g/mol. The van der Waals surface area contributed by atoms with Crippen LogP contribution in [0.5, 0.6) is 0 Å². The first kappa shape index (κ1) is 17.8. The van der Waals surface area contributed by atoms with Crippen molar-refractivity contribution in [1.82, 2.24) is 9.38 Å². The number of hydrogen-bond donors (Lipinski definition) is 0. The average Bonchev–Trinajstić information content (AvgIpc) is 3.29. The fourth-order valence-corrected chi connectivity index (χ4v) is 8.38. The van der Waals surface area contributed by atoms with E-state index in [1.807, 2.05) is 12.5 Å². The number of benzene rings is 3. The van der Waals surface area contributed by atoms with Crippen molar-refractivity contribution in [2.24, 2.45) is 0 Å². The highest BCUT2D eigenvalue weighted by molar-refractivity contribution is 7.95. The highest BCUT2D eigenvalue weighted by Crippen LogP contribution is 2.58. The third-order valence-corrected chi connectivity index (χ3v) is 9.86. The van der Waals surface area contributed by atoms with Crippen LogP contribution < -0.4 is 15.9 Å². The Balaban J connectivity index is 1.82. The maximum atomic E-state index is 4.39. The molecule has 0 fully saturated rings. The van der Waals surface area contributed by atoms with Crippen LogP contribution in [0.3, 0.4) is 0 Å². The van der Waals surface area contributed by atoms with Gasteiger partial charge in [-0.05, 0) is 48.5 Å². The molecule has 2 aromatic heterocycles. The van der Waals surface area contributed by atoms with Crippen LogP contribution in [0.25, 0.3) is 5.52 Å². The summed E-state index contributed by atoms with van der Waals surface area (Å²) < 4.78 is 2.23. The van der Waals surface area contributed by atoms with Crippen LogP contribution in [0.2, 0.25) is 0 Å². The van der Waals surface area contributed by atoms with Crippen LogP contribution >= 0.6 is 7.26 Å².